The summed E-state index contributed by atoms with van der Waals surface area (Å²) in [5, 5.41) is 3.02. The van der Waals surface area contributed by atoms with E-state index in [1.807, 2.05) is 46.8 Å². The molecule has 0 fully saturated rings. The molecule has 158 valence electrons. The van der Waals surface area contributed by atoms with Crippen LogP contribution in [0.2, 0.25) is 0 Å². The SMILES string of the molecule is Cc1cc(N2CCc3sc(C(F)(F)F)cc3C2)cc(C)c1NC(=O)CC(C)(C)C. The van der Waals surface area contributed by atoms with Crippen LogP contribution in [0.3, 0.4) is 0 Å². The molecule has 29 heavy (non-hydrogen) atoms. The second-order valence-electron chi connectivity index (χ2n) is 8.97. The molecule has 0 unspecified atom stereocenters. The first-order chi connectivity index (χ1) is 13.3. The predicted octanol–water partition coefficient (Wildman–Crippen LogP) is 6.32. The van der Waals surface area contributed by atoms with E-state index in [1.54, 1.807) is 0 Å². The third kappa shape index (κ3) is 5.13. The van der Waals surface area contributed by atoms with Crippen LogP contribution in [0.1, 0.15) is 53.6 Å². The van der Waals surface area contributed by atoms with Crippen LogP contribution in [0.25, 0.3) is 0 Å². The molecule has 1 aliphatic rings. The lowest BCUT2D eigenvalue weighted by atomic mass is 9.92. The van der Waals surface area contributed by atoms with Gasteiger partial charge in [-0.15, -0.1) is 11.3 Å². The van der Waals surface area contributed by atoms with Gasteiger partial charge in [0.15, 0.2) is 0 Å². The number of anilines is 2. The highest BCUT2D eigenvalue weighted by molar-refractivity contribution is 7.12. The number of hydrogen-bond acceptors (Lipinski definition) is 3. The molecule has 3 nitrogen and oxygen atoms in total. The summed E-state index contributed by atoms with van der Waals surface area (Å²) in [5.41, 5.74) is 4.36. The number of benzene rings is 1. The van der Waals surface area contributed by atoms with Crippen molar-refractivity contribution < 1.29 is 18.0 Å². The van der Waals surface area contributed by atoms with Gasteiger partial charge in [0.2, 0.25) is 5.91 Å². The lowest BCUT2D eigenvalue weighted by Crippen LogP contribution is -2.29. The van der Waals surface area contributed by atoms with Gasteiger partial charge in [-0.05, 0) is 60.6 Å². The topological polar surface area (TPSA) is 32.3 Å². The molecule has 0 aliphatic carbocycles. The zero-order valence-electron chi connectivity index (χ0n) is 17.5. The number of rotatable bonds is 3. The zero-order chi connectivity index (χ0) is 21.6. The van der Waals surface area contributed by atoms with Gasteiger partial charge < -0.3 is 10.2 Å². The van der Waals surface area contributed by atoms with Crippen LogP contribution in [-0.2, 0) is 23.9 Å². The van der Waals surface area contributed by atoms with Crippen molar-refractivity contribution in [1.29, 1.82) is 0 Å². The number of amides is 1. The first kappa shape index (κ1) is 21.7. The summed E-state index contributed by atoms with van der Waals surface area (Å²) < 4.78 is 39.0. The number of nitrogens with zero attached hydrogens (tertiary/aromatic N) is 1. The van der Waals surface area contributed by atoms with Crippen molar-refractivity contribution in [2.75, 3.05) is 16.8 Å². The molecule has 2 heterocycles. The van der Waals surface area contributed by atoms with Crippen LogP contribution in [0, 0.1) is 19.3 Å². The third-order valence-electron chi connectivity index (χ3n) is 4.98. The molecule has 0 spiro atoms. The fraction of sp³-hybridized carbons (Fsp3) is 0.500. The monoisotopic (exact) mass is 424 g/mol. The van der Waals surface area contributed by atoms with E-state index in [4.69, 9.17) is 0 Å². The predicted molar refractivity (Wildman–Crippen MR) is 113 cm³/mol. The molecule has 0 atom stereocenters. The highest BCUT2D eigenvalue weighted by Gasteiger charge is 2.35. The quantitative estimate of drug-likeness (QED) is 0.625. The van der Waals surface area contributed by atoms with E-state index in [1.165, 1.54) is 6.07 Å². The van der Waals surface area contributed by atoms with Gasteiger partial charge in [-0.1, -0.05) is 20.8 Å². The molecule has 1 amide bonds. The molecule has 0 saturated carbocycles. The van der Waals surface area contributed by atoms with Crippen molar-refractivity contribution in [1.82, 2.24) is 0 Å². The van der Waals surface area contributed by atoms with Crippen molar-refractivity contribution in [2.45, 2.75) is 60.2 Å². The molecular formula is C22H27F3N2OS. The number of carbonyl (C=O) groups is 1. The molecule has 1 aromatic carbocycles. The van der Waals surface area contributed by atoms with E-state index in [9.17, 15) is 18.0 Å². The summed E-state index contributed by atoms with van der Waals surface area (Å²) in [7, 11) is 0. The van der Waals surface area contributed by atoms with E-state index in [-0.39, 0.29) is 11.3 Å². The second-order valence-corrected chi connectivity index (χ2v) is 10.1. The average molecular weight is 425 g/mol. The van der Waals surface area contributed by atoms with Gasteiger partial charge >= 0.3 is 6.18 Å². The molecule has 3 rings (SSSR count). The largest absolute Gasteiger partial charge is 0.425 e. The summed E-state index contributed by atoms with van der Waals surface area (Å²) >= 11 is 0.860. The molecular weight excluding hydrogens is 397 g/mol. The summed E-state index contributed by atoms with van der Waals surface area (Å²) in [6.45, 7) is 11.1. The van der Waals surface area contributed by atoms with Crippen LogP contribution in [0.15, 0.2) is 18.2 Å². The number of alkyl halides is 3. The molecule has 0 saturated heterocycles. The van der Waals surface area contributed by atoms with Crippen molar-refractivity contribution in [3.05, 3.63) is 44.6 Å². The van der Waals surface area contributed by atoms with E-state index in [0.29, 0.717) is 25.9 Å². The molecule has 2 aromatic rings. The number of aryl methyl sites for hydroxylation is 2. The van der Waals surface area contributed by atoms with Crippen LogP contribution in [-0.4, -0.2) is 12.5 Å². The maximum atomic E-state index is 13.0. The fourth-order valence-corrected chi connectivity index (χ4v) is 4.71. The Hall–Kier alpha value is -2.02. The molecule has 1 aliphatic heterocycles. The van der Waals surface area contributed by atoms with Gasteiger partial charge in [-0.25, -0.2) is 0 Å². The molecule has 1 N–H and O–H groups in total. The van der Waals surface area contributed by atoms with Crippen LogP contribution in [0.5, 0.6) is 0 Å². The third-order valence-corrected chi connectivity index (χ3v) is 6.27. The highest BCUT2D eigenvalue weighted by atomic mass is 32.1. The maximum Gasteiger partial charge on any atom is 0.425 e. The Morgan fingerprint density at radius 2 is 1.76 bits per heavy atom. The Morgan fingerprint density at radius 1 is 1.14 bits per heavy atom. The summed E-state index contributed by atoms with van der Waals surface area (Å²) in [5.74, 6) is -0.0167. The first-order valence-electron chi connectivity index (χ1n) is 9.68. The normalized spacial score (nSPS) is 14.7. The minimum Gasteiger partial charge on any atom is -0.367 e. The average Bonchev–Trinajstić information content (AvgIpc) is 3.00. The van der Waals surface area contributed by atoms with E-state index in [0.717, 1.165) is 44.3 Å². The van der Waals surface area contributed by atoms with Gasteiger partial charge in [0.1, 0.15) is 4.88 Å². The van der Waals surface area contributed by atoms with Crippen molar-refractivity contribution >= 4 is 28.6 Å². The van der Waals surface area contributed by atoms with E-state index < -0.39 is 11.1 Å². The molecule has 7 heteroatoms. The minimum absolute atomic E-state index is 0.0167. The molecule has 1 aromatic heterocycles. The van der Waals surface area contributed by atoms with Crippen LogP contribution >= 0.6 is 11.3 Å². The molecule has 0 radical (unpaired) electrons. The van der Waals surface area contributed by atoms with Gasteiger partial charge in [-0.2, -0.15) is 13.2 Å². The summed E-state index contributed by atoms with van der Waals surface area (Å²) in [4.78, 5) is 14.7. The number of nitrogens with one attached hydrogen (secondary N) is 1. The second kappa shape index (κ2) is 7.67. The van der Waals surface area contributed by atoms with Crippen molar-refractivity contribution in [3.63, 3.8) is 0 Å². The first-order valence-corrected chi connectivity index (χ1v) is 10.5. The van der Waals surface area contributed by atoms with Crippen LogP contribution in [0.4, 0.5) is 24.5 Å². The summed E-state index contributed by atoms with van der Waals surface area (Å²) in [6.07, 6.45) is -3.24. The fourth-order valence-electron chi connectivity index (χ4n) is 3.68. The van der Waals surface area contributed by atoms with Crippen molar-refractivity contribution in [2.24, 2.45) is 5.41 Å². The Labute approximate surface area is 173 Å². The smallest absolute Gasteiger partial charge is 0.367 e. The van der Waals surface area contributed by atoms with Crippen LogP contribution < -0.4 is 10.2 Å². The van der Waals surface area contributed by atoms with Crippen molar-refractivity contribution in [3.8, 4) is 0 Å². The van der Waals surface area contributed by atoms with E-state index >= 15 is 0 Å². The van der Waals surface area contributed by atoms with Gasteiger partial charge in [0.05, 0.1) is 0 Å². The number of hydrogen-bond donors (Lipinski definition) is 1. The molecule has 0 bridgehead atoms. The van der Waals surface area contributed by atoms with E-state index in [2.05, 4.69) is 10.2 Å². The zero-order valence-corrected chi connectivity index (χ0v) is 18.3. The number of fused-ring (bicyclic) bond motifs is 1. The Bertz CT molecular complexity index is 902. The van der Waals surface area contributed by atoms with Gasteiger partial charge in [-0.3, -0.25) is 4.79 Å². The van der Waals surface area contributed by atoms with Gasteiger partial charge in [0, 0.05) is 35.8 Å². The Balaban J connectivity index is 1.79. The highest BCUT2D eigenvalue weighted by Crippen LogP contribution is 2.40. The number of thiophene rings is 1. The summed E-state index contributed by atoms with van der Waals surface area (Å²) in [6, 6.07) is 5.29. The van der Waals surface area contributed by atoms with Gasteiger partial charge in [0.25, 0.3) is 0 Å². The Kier molecular flexibility index (Phi) is 5.73. The standard InChI is InChI=1S/C22H27F3N2OS/c1-13-8-16(9-14(2)20(13)26-19(28)11-21(3,4)5)27-7-6-17-15(12-27)10-18(29-17)22(23,24)25/h8-10H,6-7,11-12H2,1-5H3,(H,26,28). The lowest BCUT2D eigenvalue weighted by molar-refractivity contribution is -0.134. The number of halogens is 3. The Morgan fingerprint density at radius 3 is 2.31 bits per heavy atom. The lowest BCUT2D eigenvalue weighted by Gasteiger charge is -2.30. The maximum absolute atomic E-state index is 13.0. The number of carbonyl (C=O) groups excluding carboxylic acids is 1. The minimum atomic E-state index is -4.28.